The van der Waals surface area contributed by atoms with Gasteiger partial charge >= 0.3 is 0 Å². The summed E-state index contributed by atoms with van der Waals surface area (Å²) in [5, 5.41) is 15.4. The van der Waals surface area contributed by atoms with Crippen molar-refractivity contribution in [2.45, 2.75) is 103 Å². The van der Waals surface area contributed by atoms with Gasteiger partial charge in [0.05, 0.1) is 6.10 Å². The zero-order valence-electron chi connectivity index (χ0n) is 20.2. The molecule has 3 N–H and O–H groups in total. The Balaban J connectivity index is 2.13. The first-order valence-electron chi connectivity index (χ1n) is 12.5. The third kappa shape index (κ3) is 14.0. The van der Waals surface area contributed by atoms with Crippen LogP contribution in [0.15, 0.2) is 36.4 Å². The van der Waals surface area contributed by atoms with Crippen molar-refractivity contribution in [2.75, 3.05) is 6.54 Å². The van der Waals surface area contributed by atoms with Gasteiger partial charge in [-0.15, -0.1) is 0 Å². The molecule has 0 saturated carbocycles. The Kier molecular flexibility index (Phi) is 16.1. The van der Waals surface area contributed by atoms with E-state index in [0.29, 0.717) is 6.54 Å². The Morgan fingerprint density at radius 2 is 1.41 bits per heavy atom. The fourth-order valence-electron chi connectivity index (χ4n) is 3.63. The second kappa shape index (κ2) is 18.4. The summed E-state index contributed by atoms with van der Waals surface area (Å²) in [6.07, 6.45) is 17.3. The molecule has 0 saturated heterocycles. The summed E-state index contributed by atoms with van der Waals surface area (Å²) in [7, 11) is 0. The predicted octanol–water partition coefficient (Wildman–Crippen LogP) is 5.38. The highest BCUT2D eigenvalue weighted by atomic mass is 16.3. The third-order valence-corrected chi connectivity index (χ3v) is 5.62. The van der Waals surface area contributed by atoms with Crippen molar-refractivity contribution in [3.05, 3.63) is 42.0 Å². The topological polar surface area (TPSA) is 78.4 Å². The van der Waals surface area contributed by atoms with Crippen LogP contribution in [0, 0.1) is 0 Å². The van der Waals surface area contributed by atoms with Crippen molar-refractivity contribution in [1.29, 1.82) is 0 Å². The Morgan fingerprint density at radius 1 is 0.875 bits per heavy atom. The molecule has 0 bridgehead atoms. The van der Waals surface area contributed by atoms with Gasteiger partial charge in [0.2, 0.25) is 11.8 Å². The molecule has 0 aliphatic rings. The van der Waals surface area contributed by atoms with Crippen molar-refractivity contribution in [1.82, 2.24) is 10.6 Å². The lowest BCUT2D eigenvalue weighted by molar-refractivity contribution is -0.129. The molecule has 0 heterocycles. The number of rotatable bonds is 18. The second-order valence-corrected chi connectivity index (χ2v) is 8.65. The summed E-state index contributed by atoms with van der Waals surface area (Å²) >= 11 is 0. The van der Waals surface area contributed by atoms with E-state index in [1.807, 2.05) is 30.3 Å². The van der Waals surface area contributed by atoms with Gasteiger partial charge in [-0.25, -0.2) is 0 Å². The van der Waals surface area contributed by atoms with Gasteiger partial charge in [-0.05, 0) is 25.0 Å². The quantitative estimate of drug-likeness (QED) is 0.210. The number of aliphatic hydroxyl groups excluding tert-OH is 1. The molecule has 5 nitrogen and oxygen atoms in total. The number of aliphatic hydroxyl groups is 1. The highest BCUT2D eigenvalue weighted by Gasteiger charge is 2.24. The predicted molar refractivity (Wildman–Crippen MR) is 133 cm³/mol. The minimum Gasteiger partial charge on any atom is -0.391 e. The first kappa shape index (κ1) is 27.9. The lowest BCUT2D eigenvalue weighted by Crippen LogP contribution is -2.52. The van der Waals surface area contributed by atoms with E-state index in [4.69, 9.17) is 0 Å². The van der Waals surface area contributed by atoms with Crippen molar-refractivity contribution < 1.29 is 14.7 Å². The molecular formula is C27H44N2O3. The summed E-state index contributed by atoms with van der Waals surface area (Å²) in [6.45, 7) is 4.32. The molecular weight excluding hydrogens is 400 g/mol. The van der Waals surface area contributed by atoms with Gasteiger partial charge in [0.25, 0.3) is 0 Å². The Labute approximate surface area is 195 Å². The largest absolute Gasteiger partial charge is 0.391 e. The number of carbonyl (C=O) groups excluding carboxylic acids is 2. The number of benzene rings is 1. The molecule has 1 aromatic carbocycles. The van der Waals surface area contributed by atoms with Crippen molar-refractivity contribution in [3.63, 3.8) is 0 Å². The van der Waals surface area contributed by atoms with Gasteiger partial charge in [-0.1, -0.05) is 108 Å². The minimum absolute atomic E-state index is 0.343. The molecule has 2 atom stereocenters. The van der Waals surface area contributed by atoms with Crippen LogP contribution in [0.5, 0.6) is 0 Å². The smallest absolute Gasteiger partial charge is 0.245 e. The monoisotopic (exact) mass is 444 g/mol. The van der Waals surface area contributed by atoms with Crippen LogP contribution in [0.4, 0.5) is 0 Å². The van der Waals surface area contributed by atoms with Crippen molar-refractivity contribution in [3.8, 4) is 0 Å². The molecule has 0 fully saturated rings. The molecule has 1 rings (SSSR count). The minimum atomic E-state index is -0.967. The maximum Gasteiger partial charge on any atom is 0.245 e. The molecule has 5 heteroatoms. The van der Waals surface area contributed by atoms with Gasteiger partial charge < -0.3 is 15.7 Å². The summed E-state index contributed by atoms with van der Waals surface area (Å²) in [5.74, 6) is -0.746. The van der Waals surface area contributed by atoms with Crippen LogP contribution in [-0.4, -0.2) is 35.6 Å². The number of unbranched alkanes of at least 4 members (excludes halogenated alkanes) is 11. The lowest BCUT2D eigenvalue weighted by atomic mass is 10.1. The zero-order chi connectivity index (χ0) is 23.4. The van der Waals surface area contributed by atoms with Crippen LogP contribution < -0.4 is 10.6 Å². The average molecular weight is 445 g/mol. The molecule has 0 aromatic heterocycles. The van der Waals surface area contributed by atoms with Crippen LogP contribution >= 0.6 is 0 Å². The third-order valence-electron chi connectivity index (χ3n) is 5.62. The highest BCUT2D eigenvalue weighted by Crippen LogP contribution is 2.11. The van der Waals surface area contributed by atoms with Crippen LogP contribution in [0.2, 0.25) is 0 Å². The van der Waals surface area contributed by atoms with Gasteiger partial charge in [-0.3, -0.25) is 9.59 Å². The van der Waals surface area contributed by atoms with E-state index < -0.39 is 18.1 Å². The summed E-state index contributed by atoms with van der Waals surface area (Å²) in [6, 6.07) is 8.50. The summed E-state index contributed by atoms with van der Waals surface area (Å²) in [5.41, 5.74) is 0.896. The van der Waals surface area contributed by atoms with Gasteiger partial charge in [0.15, 0.2) is 0 Å². The normalized spacial score (nSPS) is 13.1. The molecule has 2 amide bonds. The fourth-order valence-corrected chi connectivity index (χ4v) is 3.63. The zero-order valence-corrected chi connectivity index (χ0v) is 20.2. The summed E-state index contributed by atoms with van der Waals surface area (Å²) < 4.78 is 0. The van der Waals surface area contributed by atoms with Crippen molar-refractivity contribution >= 4 is 17.9 Å². The van der Waals surface area contributed by atoms with Gasteiger partial charge in [0.1, 0.15) is 6.04 Å². The van der Waals surface area contributed by atoms with Gasteiger partial charge in [-0.2, -0.15) is 0 Å². The molecule has 0 unspecified atom stereocenters. The molecule has 180 valence electrons. The Hall–Kier alpha value is -2.14. The number of hydrogen-bond acceptors (Lipinski definition) is 3. The first-order chi connectivity index (χ1) is 15.5. The van der Waals surface area contributed by atoms with E-state index >= 15 is 0 Å². The van der Waals surface area contributed by atoms with Crippen LogP contribution in [0.25, 0.3) is 6.08 Å². The van der Waals surface area contributed by atoms with E-state index in [1.165, 1.54) is 77.2 Å². The van der Waals surface area contributed by atoms with Crippen LogP contribution in [-0.2, 0) is 9.59 Å². The van der Waals surface area contributed by atoms with E-state index in [0.717, 1.165) is 18.4 Å². The average Bonchev–Trinajstić information content (AvgIpc) is 2.79. The maximum atomic E-state index is 12.4. The number of amides is 2. The molecule has 32 heavy (non-hydrogen) atoms. The number of hydrogen-bond donors (Lipinski definition) is 3. The van der Waals surface area contributed by atoms with E-state index in [9.17, 15) is 14.7 Å². The van der Waals surface area contributed by atoms with E-state index in [2.05, 4.69) is 17.6 Å². The SMILES string of the molecule is CCCCCCCCCCCCCCNC(=O)[C@@H](NC(=O)/C=C/c1ccccc1)[C@@H](C)O. The van der Waals surface area contributed by atoms with E-state index in [-0.39, 0.29) is 5.91 Å². The standard InChI is InChI=1S/C27H44N2O3/c1-3-4-5-6-7-8-9-10-11-12-13-17-22-28-27(32)26(23(2)30)29-25(31)21-20-24-18-15-14-16-19-24/h14-16,18-21,23,26,30H,3-13,17,22H2,1-2H3,(H,28,32)(H,29,31)/b21-20+/t23-,26+/m1/s1. The molecule has 0 spiro atoms. The molecule has 0 aliphatic carbocycles. The van der Waals surface area contributed by atoms with Crippen LogP contribution in [0.1, 0.15) is 96.5 Å². The van der Waals surface area contributed by atoms with E-state index in [1.54, 1.807) is 6.08 Å². The fraction of sp³-hybridized carbons (Fsp3) is 0.630. The Bertz CT molecular complexity index is 644. The maximum absolute atomic E-state index is 12.4. The number of nitrogens with one attached hydrogen (secondary N) is 2. The first-order valence-corrected chi connectivity index (χ1v) is 12.5. The molecule has 0 aliphatic heterocycles. The molecule has 0 radical (unpaired) electrons. The number of carbonyl (C=O) groups is 2. The van der Waals surface area contributed by atoms with Crippen LogP contribution in [0.3, 0.4) is 0 Å². The highest BCUT2D eigenvalue weighted by molar-refractivity contribution is 5.95. The molecule has 1 aromatic rings. The lowest BCUT2D eigenvalue weighted by Gasteiger charge is -2.20. The van der Waals surface area contributed by atoms with Gasteiger partial charge in [0, 0.05) is 12.6 Å². The Morgan fingerprint density at radius 3 is 1.94 bits per heavy atom. The summed E-state index contributed by atoms with van der Waals surface area (Å²) in [4.78, 5) is 24.5. The second-order valence-electron chi connectivity index (χ2n) is 8.65. The van der Waals surface area contributed by atoms with Crippen molar-refractivity contribution in [2.24, 2.45) is 0 Å².